The van der Waals surface area contributed by atoms with Gasteiger partial charge in [-0.3, -0.25) is 4.99 Å². The number of aliphatic imine (C=N–C) groups is 1. The fourth-order valence-corrected chi connectivity index (χ4v) is 2.95. The molecule has 0 atom stereocenters. The number of hydrogen-bond donors (Lipinski definition) is 1. The summed E-state index contributed by atoms with van der Waals surface area (Å²) in [5.41, 5.74) is 1.26. The lowest BCUT2D eigenvalue weighted by molar-refractivity contribution is 0.297. The van der Waals surface area contributed by atoms with Crippen molar-refractivity contribution in [2.75, 3.05) is 40.3 Å². The second-order valence-corrected chi connectivity index (χ2v) is 6.51. The van der Waals surface area contributed by atoms with Crippen molar-refractivity contribution < 1.29 is 0 Å². The Morgan fingerprint density at radius 3 is 2.48 bits per heavy atom. The molecule has 0 heterocycles. The second-order valence-electron chi connectivity index (χ2n) is 5.66. The van der Waals surface area contributed by atoms with E-state index in [1.54, 1.807) is 0 Å². The molecular weight excluding hydrogens is 352 g/mol. The minimum Gasteiger partial charge on any atom is -0.356 e. The Bertz CT molecular complexity index is 472. The predicted octanol–water partition coefficient (Wildman–Crippen LogP) is 3.58. The molecule has 0 aliphatic rings. The Morgan fingerprint density at radius 2 is 1.87 bits per heavy atom. The topological polar surface area (TPSA) is 30.9 Å². The standard InChI is InChI=1S/C18H31BrN4/c1-5-23(6-2)14-10-9-13-21-18(20-3)22(4)15-16-11-7-8-12-17(16)19/h7-8,11-12H,5-6,9-10,13-15H2,1-4H3,(H,20,21). The molecule has 0 fully saturated rings. The van der Waals surface area contributed by atoms with Crippen molar-refractivity contribution in [1.29, 1.82) is 0 Å². The van der Waals surface area contributed by atoms with E-state index in [-0.39, 0.29) is 0 Å². The average Bonchev–Trinajstić information content (AvgIpc) is 2.56. The minimum absolute atomic E-state index is 0.834. The van der Waals surface area contributed by atoms with Gasteiger partial charge >= 0.3 is 0 Å². The van der Waals surface area contributed by atoms with Crippen LogP contribution in [0.4, 0.5) is 0 Å². The Hall–Kier alpha value is -1.07. The van der Waals surface area contributed by atoms with Gasteiger partial charge in [0.05, 0.1) is 0 Å². The maximum absolute atomic E-state index is 4.38. The Kier molecular flexibility index (Phi) is 9.96. The molecule has 0 saturated carbocycles. The second kappa shape index (κ2) is 11.5. The van der Waals surface area contributed by atoms with Gasteiger partial charge in [0.2, 0.25) is 0 Å². The molecular formula is C18H31BrN4. The number of guanidine groups is 1. The van der Waals surface area contributed by atoms with Crippen molar-refractivity contribution in [2.24, 2.45) is 4.99 Å². The van der Waals surface area contributed by atoms with Crippen LogP contribution in [0, 0.1) is 0 Å². The van der Waals surface area contributed by atoms with Crippen LogP contribution in [0.15, 0.2) is 33.7 Å². The molecule has 1 aromatic carbocycles. The van der Waals surface area contributed by atoms with Crippen molar-refractivity contribution in [1.82, 2.24) is 15.1 Å². The summed E-state index contributed by atoms with van der Waals surface area (Å²) < 4.78 is 1.14. The van der Waals surface area contributed by atoms with Gasteiger partial charge in [-0.25, -0.2) is 0 Å². The van der Waals surface area contributed by atoms with E-state index in [1.165, 1.54) is 24.9 Å². The molecule has 0 aromatic heterocycles. The summed E-state index contributed by atoms with van der Waals surface area (Å²) in [4.78, 5) is 9.01. The summed E-state index contributed by atoms with van der Waals surface area (Å²) in [6.45, 7) is 9.70. The van der Waals surface area contributed by atoms with Crippen LogP contribution in [0.25, 0.3) is 0 Å². The van der Waals surface area contributed by atoms with E-state index >= 15 is 0 Å². The largest absolute Gasteiger partial charge is 0.356 e. The Labute approximate surface area is 150 Å². The van der Waals surface area contributed by atoms with Crippen LogP contribution in [0.5, 0.6) is 0 Å². The van der Waals surface area contributed by atoms with Crippen LogP contribution in [-0.2, 0) is 6.54 Å². The van der Waals surface area contributed by atoms with Gasteiger partial charge < -0.3 is 15.1 Å². The average molecular weight is 383 g/mol. The summed E-state index contributed by atoms with van der Waals surface area (Å²) in [6, 6.07) is 8.32. The molecule has 4 nitrogen and oxygen atoms in total. The molecule has 0 aliphatic carbocycles. The van der Waals surface area contributed by atoms with E-state index in [9.17, 15) is 0 Å². The first-order valence-electron chi connectivity index (χ1n) is 8.49. The van der Waals surface area contributed by atoms with E-state index < -0.39 is 0 Å². The molecule has 0 saturated heterocycles. The summed E-state index contributed by atoms with van der Waals surface area (Å²) in [5, 5.41) is 3.46. The van der Waals surface area contributed by atoms with Gasteiger partial charge in [0, 0.05) is 31.7 Å². The van der Waals surface area contributed by atoms with E-state index in [0.717, 1.165) is 36.6 Å². The molecule has 130 valence electrons. The maximum Gasteiger partial charge on any atom is 0.193 e. The van der Waals surface area contributed by atoms with Crippen molar-refractivity contribution in [3.05, 3.63) is 34.3 Å². The minimum atomic E-state index is 0.834. The molecule has 0 aliphatic heterocycles. The molecule has 23 heavy (non-hydrogen) atoms. The predicted molar refractivity (Wildman–Crippen MR) is 104 cm³/mol. The van der Waals surface area contributed by atoms with Crippen LogP contribution < -0.4 is 5.32 Å². The molecule has 0 amide bonds. The van der Waals surface area contributed by atoms with Crippen LogP contribution in [0.2, 0.25) is 0 Å². The van der Waals surface area contributed by atoms with Gasteiger partial charge in [-0.1, -0.05) is 48.0 Å². The third-order valence-corrected chi connectivity index (χ3v) is 4.79. The molecule has 0 bridgehead atoms. The van der Waals surface area contributed by atoms with Gasteiger partial charge in [-0.15, -0.1) is 0 Å². The van der Waals surface area contributed by atoms with E-state index in [2.05, 4.69) is 75.1 Å². The van der Waals surface area contributed by atoms with Crippen molar-refractivity contribution in [2.45, 2.75) is 33.2 Å². The number of hydrogen-bond acceptors (Lipinski definition) is 2. The number of benzene rings is 1. The van der Waals surface area contributed by atoms with Crippen LogP contribution >= 0.6 is 15.9 Å². The van der Waals surface area contributed by atoms with Crippen LogP contribution in [0.3, 0.4) is 0 Å². The zero-order chi connectivity index (χ0) is 17.1. The zero-order valence-corrected chi connectivity index (χ0v) is 16.6. The molecule has 0 unspecified atom stereocenters. The molecule has 0 radical (unpaired) electrons. The van der Waals surface area contributed by atoms with Crippen LogP contribution in [-0.4, -0.2) is 56.0 Å². The van der Waals surface area contributed by atoms with Crippen LogP contribution in [0.1, 0.15) is 32.3 Å². The van der Waals surface area contributed by atoms with E-state index in [0.29, 0.717) is 0 Å². The number of unbranched alkanes of at least 4 members (excludes halogenated alkanes) is 1. The summed E-state index contributed by atoms with van der Waals surface area (Å²) in [6.07, 6.45) is 2.39. The Morgan fingerprint density at radius 1 is 1.17 bits per heavy atom. The van der Waals surface area contributed by atoms with Gasteiger partial charge in [0.1, 0.15) is 0 Å². The fourth-order valence-electron chi connectivity index (χ4n) is 2.54. The SMILES string of the molecule is CCN(CC)CCCCNC(=NC)N(C)Cc1ccccc1Br. The number of nitrogens with zero attached hydrogens (tertiary/aromatic N) is 3. The lowest BCUT2D eigenvalue weighted by Gasteiger charge is -2.23. The van der Waals surface area contributed by atoms with Crippen molar-refractivity contribution >= 4 is 21.9 Å². The van der Waals surface area contributed by atoms with Crippen molar-refractivity contribution in [3.8, 4) is 0 Å². The first kappa shape index (κ1) is 20.0. The van der Waals surface area contributed by atoms with Gasteiger partial charge in [0.15, 0.2) is 5.96 Å². The first-order chi connectivity index (χ1) is 11.1. The summed E-state index contributed by atoms with van der Waals surface area (Å²) in [7, 11) is 3.92. The quantitative estimate of drug-likeness (QED) is 0.402. The van der Waals surface area contributed by atoms with Gasteiger partial charge in [-0.2, -0.15) is 0 Å². The number of nitrogens with one attached hydrogen (secondary N) is 1. The summed E-state index contributed by atoms with van der Waals surface area (Å²) in [5.74, 6) is 0.948. The van der Waals surface area contributed by atoms with Gasteiger partial charge in [0.25, 0.3) is 0 Å². The third kappa shape index (κ3) is 7.36. The normalized spacial score (nSPS) is 11.8. The zero-order valence-electron chi connectivity index (χ0n) is 15.0. The number of rotatable bonds is 9. The number of halogens is 1. The first-order valence-corrected chi connectivity index (χ1v) is 9.29. The lowest BCUT2D eigenvalue weighted by Crippen LogP contribution is -2.39. The fraction of sp³-hybridized carbons (Fsp3) is 0.611. The molecule has 5 heteroatoms. The molecule has 0 spiro atoms. The van der Waals surface area contributed by atoms with Gasteiger partial charge in [-0.05, 0) is 44.1 Å². The van der Waals surface area contributed by atoms with E-state index in [4.69, 9.17) is 0 Å². The van der Waals surface area contributed by atoms with Crippen molar-refractivity contribution in [3.63, 3.8) is 0 Å². The lowest BCUT2D eigenvalue weighted by atomic mass is 10.2. The third-order valence-electron chi connectivity index (χ3n) is 4.02. The maximum atomic E-state index is 4.38. The highest BCUT2D eigenvalue weighted by molar-refractivity contribution is 9.10. The monoisotopic (exact) mass is 382 g/mol. The molecule has 1 rings (SSSR count). The molecule has 1 aromatic rings. The smallest absolute Gasteiger partial charge is 0.193 e. The highest BCUT2D eigenvalue weighted by atomic mass is 79.9. The highest BCUT2D eigenvalue weighted by Crippen LogP contribution is 2.17. The summed E-state index contributed by atoms with van der Waals surface area (Å²) >= 11 is 3.60. The van der Waals surface area contributed by atoms with E-state index in [1.807, 2.05) is 13.1 Å². The molecule has 1 N–H and O–H groups in total. The Balaban J connectivity index is 2.35. The highest BCUT2D eigenvalue weighted by Gasteiger charge is 2.08.